The number of Topliss-reactive ketones (excluding diaryl/α,β-unsaturated/α-hetero) is 2. The van der Waals surface area contributed by atoms with Crippen LogP contribution in [0.3, 0.4) is 0 Å². The summed E-state index contributed by atoms with van der Waals surface area (Å²) in [6, 6.07) is 26.4. The first-order valence-corrected chi connectivity index (χ1v) is 25.5. The van der Waals surface area contributed by atoms with Crippen molar-refractivity contribution in [3.8, 4) is 5.75 Å². The molecule has 21 nitrogen and oxygen atoms in total. The maximum Gasteiger partial charge on any atom is 0.294 e. The molecule has 0 saturated heterocycles. The zero-order valence-electron chi connectivity index (χ0n) is 41.1. The van der Waals surface area contributed by atoms with Gasteiger partial charge in [-0.15, -0.1) is 0 Å². The highest BCUT2D eigenvalue weighted by molar-refractivity contribution is 7.85. The summed E-state index contributed by atoms with van der Waals surface area (Å²) in [5.74, 6) is 1.56. The molecule has 12 rings (SSSR count). The summed E-state index contributed by atoms with van der Waals surface area (Å²) >= 11 is 0. The molecule has 7 aromatic rings. The van der Waals surface area contributed by atoms with Crippen LogP contribution in [0.2, 0.25) is 0 Å². The molecule has 6 heterocycles. The lowest BCUT2D eigenvalue weighted by atomic mass is 9.90. The van der Waals surface area contributed by atoms with Gasteiger partial charge in [-0.3, -0.25) is 42.6 Å². The van der Waals surface area contributed by atoms with Gasteiger partial charge in [0.1, 0.15) is 17.3 Å². The zero-order valence-corrected chi connectivity index (χ0v) is 42.0. The molecule has 0 saturated carbocycles. The molecule has 0 spiro atoms. The third kappa shape index (κ3) is 10.2. The minimum Gasteiger partial charge on any atom is -0.507 e. The summed E-state index contributed by atoms with van der Waals surface area (Å²) in [6.07, 6.45) is 6.94. The van der Waals surface area contributed by atoms with E-state index in [9.17, 15) is 37.5 Å². The summed E-state index contributed by atoms with van der Waals surface area (Å²) in [4.78, 5) is 69.7. The van der Waals surface area contributed by atoms with Gasteiger partial charge in [0.25, 0.3) is 26.8 Å². The van der Waals surface area contributed by atoms with Crippen molar-refractivity contribution in [2.75, 3.05) is 29.2 Å². The fourth-order valence-corrected chi connectivity index (χ4v) is 9.25. The van der Waals surface area contributed by atoms with E-state index in [1.165, 1.54) is 0 Å². The molecule has 74 heavy (non-hydrogen) atoms. The number of carbonyl (C=O) groups is 2. The van der Waals surface area contributed by atoms with Crippen LogP contribution in [0.1, 0.15) is 70.5 Å². The van der Waals surface area contributed by atoms with Gasteiger partial charge >= 0.3 is 0 Å². The number of phenols is 1. The summed E-state index contributed by atoms with van der Waals surface area (Å²) in [5, 5.41) is 11.7. The van der Waals surface area contributed by atoms with Crippen molar-refractivity contribution in [1.82, 2.24) is 28.1 Å². The van der Waals surface area contributed by atoms with Crippen molar-refractivity contribution in [2.24, 2.45) is 9.98 Å². The van der Waals surface area contributed by atoms with Crippen LogP contribution in [0.25, 0.3) is 10.8 Å². The van der Waals surface area contributed by atoms with Crippen molar-refractivity contribution >= 4 is 78.4 Å². The zero-order chi connectivity index (χ0) is 53.3. The Morgan fingerprint density at radius 2 is 0.865 bits per heavy atom. The number of carbonyl (C=O) groups excluding carboxylic acids is 2. The van der Waals surface area contributed by atoms with Crippen LogP contribution in [-0.2, 0) is 49.4 Å². The lowest BCUT2D eigenvalue weighted by Crippen LogP contribution is -2.18. The number of ketones is 2. The number of aryl methyl sites for hydroxylation is 1. The van der Waals surface area contributed by atoms with E-state index >= 15 is 0 Å². The van der Waals surface area contributed by atoms with Crippen LogP contribution in [-0.4, -0.2) is 75.4 Å². The Morgan fingerprint density at radius 1 is 0.500 bits per heavy atom. The second-order valence-corrected chi connectivity index (χ2v) is 19.5. The minimum absolute atomic E-state index is 0.0105. The fourth-order valence-electron chi connectivity index (χ4n) is 9.25. The van der Waals surface area contributed by atoms with E-state index in [4.69, 9.17) is 27.5 Å². The Hall–Kier alpha value is -8.76. The highest BCUT2D eigenvalue weighted by Crippen LogP contribution is 2.30. The van der Waals surface area contributed by atoms with E-state index in [1.54, 1.807) is 66.2 Å². The molecule has 22 heteroatoms. The molecule has 10 N–H and O–H groups in total. The van der Waals surface area contributed by atoms with Gasteiger partial charge in [-0.2, -0.15) is 8.42 Å². The van der Waals surface area contributed by atoms with Gasteiger partial charge < -0.3 is 28.0 Å². The summed E-state index contributed by atoms with van der Waals surface area (Å²) in [5.41, 5.74) is 29.4. The van der Waals surface area contributed by atoms with Crippen LogP contribution >= 0.6 is 0 Å². The van der Waals surface area contributed by atoms with Crippen LogP contribution < -0.4 is 39.6 Å². The first-order chi connectivity index (χ1) is 35.2. The van der Waals surface area contributed by atoms with Crippen molar-refractivity contribution in [1.29, 1.82) is 0 Å². The number of allylic oxidation sites excluding steroid dienone is 4. The number of phenolic OH excluding ortho intramolecular Hbond substituents is 1. The molecule has 384 valence electrons. The molecule has 3 aliphatic heterocycles. The molecule has 2 aliphatic carbocycles. The Kier molecular flexibility index (Phi) is 14.5. The van der Waals surface area contributed by atoms with Crippen molar-refractivity contribution in [2.45, 2.75) is 79.3 Å². The quantitative estimate of drug-likeness (QED) is 0.119. The van der Waals surface area contributed by atoms with Gasteiger partial charge in [0, 0.05) is 66.9 Å². The van der Waals surface area contributed by atoms with Crippen LogP contribution in [0, 0.1) is 6.92 Å². The predicted octanol–water partition coefficient (Wildman–Crippen LogP) is 5.37. The monoisotopic (exact) mass is 1020 g/mol. The van der Waals surface area contributed by atoms with Gasteiger partial charge in [0.05, 0.1) is 17.7 Å². The normalized spacial score (nSPS) is 16.0. The van der Waals surface area contributed by atoms with E-state index in [2.05, 4.69) is 9.98 Å². The third-order valence-corrected chi connectivity index (χ3v) is 12.9. The number of aromatic hydroxyl groups is 1. The maximum absolute atomic E-state index is 12.5. The third-order valence-electron chi connectivity index (χ3n) is 12.9. The number of benzene rings is 4. The standard InChI is InChI=1S/2C17H16N4O2.C11H10O.C6H10N4O.CH4O3S/c2*1-10-9-13(11-5-2-3-6-12(11)15(10)22)19-14-16(18)20-7-4-8-21(20)17(14)23;1-8-6-7-9-4-2-3-5-10(9)11(8)12;7-4-5(8)9-2-1-3-10(9)6(4)11;1-5(2,3)4/h2*2-3,5-6,9H,4,7-8,18H2,1H3;2-7,12H,1H3;1-3,7-8H2;1H3,(H,2,3,4). The first kappa shape index (κ1) is 51.6. The predicted molar refractivity (Wildman–Crippen MR) is 287 cm³/mol. The number of nitrogens with two attached hydrogens (primary N) is 4. The van der Waals surface area contributed by atoms with Gasteiger partial charge in [-0.1, -0.05) is 84.9 Å². The van der Waals surface area contributed by atoms with E-state index in [0.29, 0.717) is 76.2 Å². The van der Waals surface area contributed by atoms with Gasteiger partial charge in [-0.25, -0.2) is 24.0 Å². The number of nitrogen functional groups attached to an aromatic ring is 4. The summed E-state index contributed by atoms with van der Waals surface area (Å²) in [6.45, 7) is 9.75. The highest BCUT2D eigenvalue weighted by atomic mass is 32.2. The second kappa shape index (κ2) is 20.8. The molecule has 0 radical (unpaired) electrons. The van der Waals surface area contributed by atoms with E-state index in [-0.39, 0.29) is 45.3 Å². The lowest BCUT2D eigenvalue weighted by molar-refractivity contribution is 0.102. The molecule has 0 bridgehead atoms. The Bertz CT molecular complexity index is 3690. The number of fused-ring (bicyclic) bond motifs is 6. The Morgan fingerprint density at radius 3 is 1.28 bits per heavy atom. The first-order valence-electron chi connectivity index (χ1n) is 23.6. The summed E-state index contributed by atoms with van der Waals surface area (Å²) in [7, 11) is -3.67. The average molecular weight is 1030 g/mol. The number of anilines is 4. The second-order valence-electron chi connectivity index (χ2n) is 18.1. The van der Waals surface area contributed by atoms with Crippen LogP contribution in [0.15, 0.2) is 133 Å². The molecular weight excluding hydrogens is 969 g/mol. The smallest absolute Gasteiger partial charge is 0.294 e. The molecule has 0 amide bonds. The number of hydrogen-bond acceptors (Lipinski definition) is 14. The van der Waals surface area contributed by atoms with E-state index in [0.717, 1.165) is 72.9 Å². The average Bonchev–Trinajstić information content (AvgIpc) is 4.26. The lowest BCUT2D eigenvalue weighted by Gasteiger charge is -2.15. The fraction of sp³-hybridized carbons (Fsp3) is 0.250. The van der Waals surface area contributed by atoms with Gasteiger partial charge in [-0.05, 0) is 74.3 Å². The molecule has 0 fully saturated rings. The number of aromatic nitrogens is 6. The maximum atomic E-state index is 12.5. The number of aliphatic imine (C=N–C) groups is 2. The summed E-state index contributed by atoms with van der Waals surface area (Å²) < 4.78 is 36.0. The molecule has 3 aromatic heterocycles. The molecule has 5 aliphatic rings. The van der Waals surface area contributed by atoms with Gasteiger partial charge in [0.15, 0.2) is 34.6 Å². The van der Waals surface area contributed by atoms with Gasteiger partial charge in [0.2, 0.25) is 0 Å². The van der Waals surface area contributed by atoms with E-state index in [1.807, 2.05) is 79.7 Å². The number of rotatable bonds is 2. The van der Waals surface area contributed by atoms with Crippen LogP contribution in [0.4, 0.5) is 34.5 Å². The number of nitrogens with zero attached hydrogens (tertiary/aromatic N) is 8. The molecule has 0 unspecified atom stereocenters. The SMILES string of the molecule is CC1=CC(=Nc2c(N)n3n(c2=O)CCC3)c2ccccc2C1=O.CC1=CC(=Nc2c(N)n3n(c2=O)CCC3)c2ccccc2C1=O.CS(=O)(=O)O.Cc1ccc2ccccc2c1O.Nc1c(N)n2n(c1=O)CCC2. The van der Waals surface area contributed by atoms with Crippen molar-refractivity contribution < 1.29 is 27.7 Å². The topological polar surface area (TPSA) is 318 Å². The molecule has 0 atom stereocenters. The molecule has 4 aromatic carbocycles. The Balaban J connectivity index is 0.000000133. The van der Waals surface area contributed by atoms with Crippen molar-refractivity contribution in [3.63, 3.8) is 0 Å². The Labute approximate surface area is 424 Å². The van der Waals surface area contributed by atoms with Crippen LogP contribution in [0.5, 0.6) is 5.75 Å². The molecular formula is C52H56N12O9S. The highest BCUT2D eigenvalue weighted by Gasteiger charge is 2.27. The largest absolute Gasteiger partial charge is 0.507 e. The minimum atomic E-state index is -3.67. The van der Waals surface area contributed by atoms with E-state index < -0.39 is 10.1 Å². The number of hydrogen-bond donors (Lipinski definition) is 6. The van der Waals surface area contributed by atoms with Crippen molar-refractivity contribution in [3.05, 3.63) is 167 Å².